The number of piperidine rings is 1. The molecule has 1 atom stereocenters. The lowest BCUT2D eigenvalue weighted by atomic mass is 10.1. The molecular weight excluding hydrogens is 248 g/mol. The molecule has 0 bridgehead atoms. The van der Waals surface area contributed by atoms with E-state index in [4.69, 9.17) is 4.74 Å². The van der Waals surface area contributed by atoms with E-state index in [9.17, 15) is 5.11 Å². The second-order valence-corrected chi connectivity index (χ2v) is 5.61. The van der Waals surface area contributed by atoms with Crippen molar-refractivity contribution in [2.75, 3.05) is 24.6 Å². The Kier molecular flexibility index (Phi) is 4.97. The molecule has 1 fully saturated rings. The molecule has 0 radical (unpaired) electrons. The molecule has 0 saturated carbocycles. The van der Waals surface area contributed by atoms with Gasteiger partial charge in [-0.15, -0.1) is 0 Å². The van der Waals surface area contributed by atoms with Crippen molar-refractivity contribution in [2.45, 2.75) is 45.8 Å². The first-order valence-electron chi connectivity index (χ1n) is 6.74. The predicted molar refractivity (Wildman–Crippen MR) is 74.3 cm³/mol. The number of aliphatic hydroxyl groups is 1. The number of hydrogen-bond donors (Lipinski definition) is 1. The van der Waals surface area contributed by atoms with Crippen molar-refractivity contribution >= 4 is 16.5 Å². The number of hydrogen-bond acceptors (Lipinski definition) is 5. The van der Waals surface area contributed by atoms with Gasteiger partial charge >= 0.3 is 0 Å². The summed E-state index contributed by atoms with van der Waals surface area (Å²) in [5.41, 5.74) is 1.04. The van der Waals surface area contributed by atoms with E-state index in [1.807, 2.05) is 6.92 Å². The zero-order valence-corrected chi connectivity index (χ0v) is 12.0. The van der Waals surface area contributed by atoms with Crippen LogP contribution in [0.15, 0.2) is 0 Å². The number of aromatic nitrogens is 1. The van der Waals surface area contributed by atoms with Gasteiger partial charge in [0.15, 0.2) is 5.13 Å². The summed E-state index contributed by atoms with van der Waals surface area (Å²) in [5.74, 6) is 0. The van der Waals surface area contributed by atoms with Crippen LogP contribution in [0.5, 0.6) is 0 Å². The van der Waals surface area contributed by atoms with Crippen LogP contribution in [0.3, 0.4) is 0 Å². The largest absolute Gasteiger partial charge is 0.391 e. The molecule has 1 aromatic rings. The molecule has 1 unspecified atom stereocenters. The molecule has 1 saturated heterocycles. The Morgan fingerprint density at radius 1 is 1.50 bits per heavy atom. The average molecular weight is 270 g/mol. The van der Waals surface area contributed by atoms with Crippen molar-refractivity contribution < 1.29 is 9.84 Å². The molecule has 0 aliphatic carbocycles. The van der Waals surface area contributed by atoms with E-state index in [2.05, 4.69) is 16.8 Å². The summed E-state index contributed by atoms with van der Waals surface area (Å²) < 4.78 is 5.71. The zero-order chi connectivity index (χ0) is 13.0. The highest BCUT2D eigenvalue weighted by Gasteiger charge is 2.23. The van der Waals surface area contributed by atoms with Crippen LogP contribution < -0.4 is 4.90 Å². The lowest BCUT2D eigenvalue weighted by molar-refractivity contribution is 0.0526. The second kappa shape index (κ2) is 6.50. The molecule has 1 aromatic heterocycles. The Morgan fingerprint density at radius 2 is 2.33 bits per heavy atom. The van der Waals surface area contributed by atoms with Crippen LogP contribution in [0.2, 0.25) is 0 Å². The van der Waals surface area contributed by atoms with Crippen LogP contribution in [0, 0.1) is 0 Å². The molecular formula is C13H22N2O2S. The first-order valence-corrected chi connectivity index (χ1v) is 7.56. The quantitative estimate of drug-likeness (QED) is 0.891. The second-order valence-electron chi connectivity index (χ2n) is 4.54. The number of aryl methyl sites for hydroxylation is 1. The number of nitrogens with zero attached hydrogens (tertiary/aromatic N) is 2. The van der Waals surface area contributed by atoms with Gasteiger partial charge in [-0.1, -0.05) is 18.3 Å². The third-order valence-corrected chi connectivity index (χ3v) is 4.44. The Balaban J connectivity index is 2.08. The Bertz CT molecular complexity index is 358. The summed E-state index contributed by atoms with van der Waals surface area (Å²) in [6.07, 6.45) is 3.51. The van der Waals surface area contributed by atoms with Gasteiger partial charge in [-0.25, -0.2) is 4.98 Å². The third kappa shape index (κ3) is 3.02. The fourth-order valence-electron chi connectivity index (χ4n) is 2.39. The molecule has 1 aliphatic heterocycles. The molecule has 5 heteroatoms. The number of anilines is 1. The molecule has 1 N–H and O–H groups in total. The van der Waals surface area contributed by atoms with Gasteiger partial charge in [0.2, 0.25) is 0 Å². The third-order valence-electron chi connectivity index (χ3n) is 3.30. The van der Waals surface area contributed by atoms with Crippen LogP contribution >= 0.6 is 11.3 Å². The van der Waals surface area contributed by atoms with Crippen LogP contribution in [0.25, 0.3) is 0 Å². The van der Waals surface area contributed by atoms with E-state index in [0.717, 1.165) is 54.7 Å². The molecule has 0 spiro atoms. The van der Waals surface area contributed by atoms with Crippen LogP contribution in [0.4, 0.5) is 5.13 Å². The number of rotatable bonds is 5. The van der Waals surface area contributed by atoms with Crippen molar-refractivity contribution in [2.24, 2.45) is 0 Å². The fraction of sp³-hybridized carbons (Fsp3) is 0.769. The Hall–Kier alpha value is -0.650. The summed E-state index contributed by atoms with van der Waals surface area (Å²) >= 11 is 1.62. The highest BCUT2D eigenvalue weighted by Crippen LogP contribution is 2.29. The van der Waals surface area contributed by atoms with Gasteiger partial charge in [0.1, 0.15) is 0 Å². The average Bonchev–Trinajstić information content (AvgIpc) is 2.82. The maximum absolute atomic E-state index is 9.32. The standard InChI is InChI=1S/C13H22N2O2S/c1-3-11-12(9-16)18-13(14-11)15-7-5-6-10(8-15)17-4-2/h10,16H,3-9H2,1-2H3. The highest BCUT2D eigenvalue weighted by atomic mass is 32.1. The van der Waals surface area contributed by atoms with Crippen molar-refractivity contribution in [3.05, 3.63) is 10.6 Å². The molecule has 0 amide bonds. The summed E-state index contributed by atoms with van der Waals surface area (Å²) in [4.78, 5) is 7.95. The number of ether oxygens (including phenoxy) is 1. The van der Waals surface area contributed by atoms with E-state index in [-0.39, 0.29) is 6.61 Å². The van der Waals surface area contributed by atoms with E-state index < -0.39 is 0 Å². The van der Waals surface area contributed by atoms with Crippen LogP contribution in [-0.4, -0.2) is 35.9 Å². The topological polar surface area (TPSA) is 45.6 Å². The molecule has 2 rings (SSSR count). The zero-order valence-electron chi connectivity index (χ0n) is 11.2. The monoisotopic (exact) mass is 270 g/mol. The van der Waals surface area contributed by atoms with E-state index in [1.165, 1.54) is 0 Å². The molecule has 0 aromatic carbocycles. The van der Waals surface area contributed by atoms with Crippen molar-refractivity contribution in [1.29, 1.82) is 0 Å². The van der Waals surface area contributed by atoms with E-state index in [1.54, 1.807) is 11.3 Å². The van der Waals surface area contributed by atoms with Gasteiger partial charge in [-0.05, 0) is 26.2 Å². The first kappa shape index (κ1) is 13.8. The minimum atomic E-state index is 0.101. The lowest BCUT2D eigenvalue weighted by Gasteiger charge is -2.32. The normalized spacial score (nSPS) is 20.4. The van der Waals surface area contributed by atoms with Crippen molar-refractivity contribution in [3.63, 3.8) is 0 Å². The molecule has 102 valence electrons. The Morgan fingerprint density at radius 3 is 2.94 bits per heavy atom. The number of aliphatic hydroxyl groups excluding tert-OH is 1. The maximum Gasteiger partial charge on any atom is 0.185 e. The predicted octanol–water partition coefficient (Wildman–Crippen LogP) is 2.20. The first-order chi connectivity index (χ1) is 8.78. The van der Waals surface area contributed by atoms with Gasteiger partial charge in [0.25, 0.3) is 0 Å². The summed E-state index contributed by atoms with van der Waals surface area (Å²) in [5, 5.41) is 10.4. The van der Waals surface area contributed by atoms with Gasteiger partial charge in [-0.2, -0.15) is 0 Å². The van der Waals surface area contributed by atoms with E-state index >= 15 is 0 Å². The molecule has 2 heterocycles. The summed E-state index contributed by atoms with van der Waals surface area (Å²) in [7, 11) is 0. The van der Waals surface area contributed by atoms with Crippen LogP contribution in [0.1, 0.15) is 37.3 Å². The summed E-state index contributed by atoms with van der Waals surface area (Å²) in [6, 6.07) is 0. The van der Waals surface area contributed by atoms with Gasteiger partial charge in [0.05, 0.1) is 23.3 Å². The smallest absolute Gasteiger partial charge is 0.185 e. The van der Waals surface area contributed by atoms with Crippen LogP contribution in [-0.2, 0) is 17.8 Å². The molecule has 1 aliphatic rings. The van der Waals surface area contributed by atoms with E-state index in [0.29, 0.717) is 6.10 Å². The fourth-order valence-corrected chi connectivity index (χ4v) is 3.43. The number of thiazole rings is 1. The summed E-state index contributed by atoms with van der Waals surface area (Å²) in [6.45, 7) is 6.97. The molecule has 18 heavy (non-hydrogen) atoms. The molecule has 4 nitrogen and oxygen atoms in total. The maximum atomic E-state index is 9.32. The SMILES string of the molecule is CCOC1CCCN(c2nc(CC)c(CO)s2)C1. The van der Waals surface area contributed by atoms with Gasteiger partial charge < -0.3 is 14.7 Å². The minimum absolute atomic E-state index is 0.101. The minimum Gasteiger partial charge on any atom is -0.391 e. The van der Waals surface area contributed by atoms with Gasteiger partial charge in [-0.3, -0.25) is 0 Å². The van der Waals surface area contributed by atoms with Crippen molar-refractivity contribution in [1.82, 2.24) is 4.98 Å². The van der Waals surface area contributed by atoms with Gasteiger partial charge in [0, 0.05) is 19.7 Å². The Labute approximate surface area is 113 Å². The lowest BCUT2D eigenvalue weighted by Crippen LogP contribution is -2.39. The highest BCUT2D eigenvalue weighted by molar-refractivity contribution is 7.15. The van der Waals surface area contributed by atoms with Crippen molar-refractivity contribution in [3.8, 4) is 0 Å².